The van der Waals surface area contributed by atoms with Gasteiger partial charge in [-0.3, -0.25) is 4.79 Å². The number of hydrogen-bond acceptors (Lipinski definition) is 3. The molecule has 0 saturated carbocycles. The molecule has 0 atom stereocenters. The molecule has 0 saturated heterocycles. The highest BCUT2D eigenvalue weighted by molar-refractivity contribution is 14.1. The molecule has 1 aromatic heterocycles. The van der Waals surface area contributed by atoms with Crippen molar-refractivity contribution in [1.82, 2.24) is 9.97 Å². The van der Waals surface area contributed by atoms with Crippen LogP contribution in [-0.4, -0.2) is 15.1 Å². The van der Waals surface area contributed by atoms with Crippen LogP contribution in [0.5, 0.6) is 5.88 Å². The van der Waals surface area contributed by atoms with E-state index in [1.54, 1.807) is 34.7 Å². The van der Waals surface area contributed by atoms with Crippen molar-refractivity contribution in [2.45, 2.75) is 6.42 Å². The van der Waals surface area contributed by atoms with Gasteiger partial charge in [-0.05, 0) is 40.3 Å². The summed E-state index contributed by atoms with van der Waals surface area (Å²) in [5, 5.41) is 10.1. The quantitative estimate of drug-likeness (QED) is 0.806. The van der Waals surface area contributed by atoms with Gasteiger partial charge in [0.15, 0.2) is 0 Å². The number of H-pyrrole nitrogens is 1. The molecule has 2 N–H and O–H groups in total. The molecule has 17 heavy (non-hydrogen) atoms. The van der Waals surface area contributed by atoms with E-state index in [2.05, 4.69) is 9.97 Å². The molecule has 6 heteroatoms. The molecular formula is C11H8ClIN2O2. The summed E-state index contributed by atoms with van der Waals surface area (Å²) in [5.74, 6) is 0.168. The zero-order valence-electron chi connectivity index (χ0n) is 8.58. The van der Waals surface area contributed by atoms with Crippen LogP contribution in [0.4, 0.5) is 0 Å². The predicted molar refractivity (Wildman–Crippen MR) is 73.5 cm³/mol. The van der Waals surface area contributed by atoms with Crippen molar-refractivity contribution < 1.29 is 5.11 Å². The van der Waals surface area contributed by atoms with E-state index in [4.69, 9.17) is 11.6 Å². The molecule has 0 amide bonds. The van der Waals surface area contributed by atoms with Crippen molar-refractivity contribution in [3.63, 3.8) is 0 Å². The highest BCUT2D eigenvalue weighted by Gasteiger charge is 2.07. The Labute approximate surface area is 116 Å². The van der Waals surface area contributed by atoms with Gasteiger partial charge in [-0.15, -0.1) is 0 Å². The summed E-state index contributed by atoms with van der Waals surface area (Å²) >= 11 is 7.60. The Bertz CT molecular complexity index is 613. The first-order chi connectivity index (χ1) is 8.06. The van der Waals surface area contributed by atoms with Crippen LogP contribution in [0.15, 0.2) is 29.1 Å². The Balaban J connectivity index is 2.34. The topological polar surface area (TPSA) is 66.0 Å². The Hall–Kier alpha value is -1.08. The molecule has 2 rings (SSSR count). The Kier molecular flexibility index (Phi) is 3.68. The van der Waals surface area contributed by atoms with Crippen LogP contribution < -0.4 is 5.56 Å². The monoisotopic (exact) mass is 362 g/mol. The highest BCUT2D eigenvalue weighted by atomic mass is 127. The van der Waals surface area contributed by atoms with Gasteiger partial charge in [0.2, 0.25) is 5.88 Å². The van der Waals surface area contributed by atoms with Crippen molar-refractivity contribution in [1.29, 1.82) is 0 Å². The summed E-state index contributed by atoms with van der Waals surface area (Å²) in [6.07, 6.45) is 0.417. The smallest absolute Gasteiger partial charge is 0.268 e. The summed E-state index contributed by atoms with van der Waals surface area (Å²) < 4.78 is 0.192. The summed E-state index contributed by atoms with van der Waals surface area (Å²) in [6, 6.07) is 7.26. The second-order valence-corrected chi connectivity index (χ2v) is 4.97. The first-order valence-electron chi connectivity index (χ1n) is 4.78. The van der Waals surface area contributed by atoms with Gasteiger partial charge in [0, 0.05) is 11.4 Å². The lowest BCUT2D eigenvalue weighted by molar-refractivity contribution is 0.443. The summed E-state index contributed by atoms with van der Waals surface area (Å²) in [5.41, 5.74) is 0.580. The molecular weight excluding hydrogens is 354 g/mol. The second-order valence-electron chi connectivity index (χ2n) is 3.46. The fourth-order valence-corrected chi connectivity index (χ4v) is 1.88. The molecule has 0 unspecified atom stereocenters. The van der Waals surface area contributed by atoms with Gasteiger partial charge in [0.25, 0.3) is 5.56 Å². The van der Waals surface area contributed by atoms with Gasteiger partial charge in [-0.1, -0.05) is 23.7 Å². The van der Waals surface area contributed by atoms with E-state index in [-0.39, 0.29) is 15.0 Å². The van der Waals surface area contributed by atoms with Crippen LogP contribution >= 0.6 is 34.2 Å². The van der Waals surface area contributed by atoms with E-state index in [9.17, 15) is 9.90 Å². The van der Waals surface area contributed by atoms with E-state index in [0.29, 0.717) is 17.3 Å². The predicted octanol–water partition coefficient (Wildman–Crippen LogP) is 2.32. The molecule has 88 valence electrons. The first kappa shape index (κ1) is 12.4. The number of nitrogens with zero attached hydrogens (tertiary/aromatic N) is 1. The number of aromatic amines is 1. The normalized spacial score (nSPS) is 10.5. The third kappa shape index (κ3) is 2.98. The minimum atomic E-state index is -0.338. The molecule has 0 bridgehead atoms. The number of aromatic hydroxyl groups is 1. The Morgan fingerprint density at radius 3 is 2.88 bits per heavy atom. The SMILES string of the molecule is O=c1[nH]c(Cc2cccc(Cl)c2)nc(O)c1I. The lowest BCUT2D eigenvalue weighted by Crippen LogP contribution is -2.14. The lowest BCUT2D eigenvalue weighted by Gasteiger charge is -2.03. The maximum atomic E-state index is 11.4. The molecule has 0 fully saturated rings. The van der Waals surface area contributed by atoms with Crippen LogP contribution in [0.3, 0.4) is 0 Å². The van der Waals surface area contributed by atoms with E-state index >= 15 is 0 Å². The lowest BCUT2D eigenvalue weighted by atomic mass is 10.1. The maximum Gasteiger partial charge on any atom is 0.268 e. The van der Waals surface area contributed by atoms with Gasteiger partial charge in [0.1, 0.15) is 9.39 Å². The summed E-state index contributed by atoms with van der Waals surface area (Å²) in [6.45, 7) is 0. The van der Waals surface area contributed by atoms with Crippen LogP contribution in [0.2, 0.25) is 5.02 Å². The van der Waals surface area contributed by atoms with Gasteiger partial charge in [-0.25, -0.2) is 0 Å². The molecule has 0 spiro atoms. The van der Waals surface area contributed by atoms with Crippen molar-refractivity contribution in [2.75, 3.05) is 0 Å². The molecule has 0 aliphatic carbocycles. The fraction of sp³-hybridized carbons (Fsp3) is 0.0909. The van der Waals surface area contributed by atoms with Crippen LogP contribution in [0.1, 0.15) is 11.4 Å². The number of hydrogen-bond donors (Lipinski definition) is 2. The highest BCUT2D eigenvalue weighted by Crippen LogP contribution is 2.15. The Morgan fingerprint density at radius 2 is 2.24 bits per heavy atom. The van der Waals surface area contributed by atoms with E-state index in [0.717, 1.165) is 5.56 Å². The molecule has 0 aliphatic rings. The Morgan fingerprint density at radius 1 is 1.47 bits per heavy atom. The number of halogens is 2. The fourth-order valence-electron chi connectivity index (χ4n) is 1.42. The molecule has 1 heterocycles. The zero-order valence-corrected chi connectivity index (χ0v) is 11.5. The molecule has 4 nitrogen and oxygen atoms in total. The minimum Gasteiger partial charge on any atom is -0.492 e. The van der Waals surface area contributed by atoms with Gasteiger partial charge in [-0.2, -0.15) is 4.98 Å². The number of rotatable bonds is 2. The third-order valence-electron chi connectivity index (χ3n) is 2.15. The van der Waals surface area contributed by atoms with Gasteiger partial charge < -0.3 is 10.1 Å². The average Bonchev–Trinajstić information content (AvgIpc) is 2.26. The average molecular weight is 363 g/mol. The minimum absolute atomic E-state index is 0.192. The van der Waals surface area contributed by atoms with Crippen LogP contribution in [0.25, 0.3) is 0 Å². The largest absolute Gasteiger partial charge is 0.492 e. The van der Waals surface area contributed by atoms with Crippen LogP contribution in [-0.2, 0) is 6.42 Å². The van der Waals surface area contributed by atoms with E-state index in [1.165, 1.54) is 0 Å². The molecule has 1 aromatic carbocycles. The van der Waals surface area contributed by atoms with E-state index < -0.39 is 0 Å². The van der Waals surface area contributed by atoms with Crippen molar-refractivity contribution in [3.8, 4) is 5.88 Å². The summed E-state index contributed by atoms with van der Waals surface area (Å²) in [7, 11) is 0. The van der Waals surface area contributed by atoms with Crippen molar-refractivity contribution in [3.05, 3.63) is 54.6 Å². The number of benzene rings is 1. The number of nitrogens with one attached hydrogen (secondary N) is 1. The number of aromatic nitrogens is 2. The van der Waals surface area contributed by atoms with E-state index in [1.807, 2.05) is 12.1 Å². The zero-order chi connectivity index (χ0) is 12.4. The standard InChI is InChI=1S/C11H8ClIN2O2/c12-7-3-1-2-6(4-7)5-8-14-10(16)9(13)11(17)15-8/h1-4H,5H2,(H2,14,15,16,17). The summed E-state index contributed by atoms with van der Waals surface area (Å²) in [4.78, 5) is 17.9. The van der Waals surface area contributed by atoms with Crippen LogP contribution in [0, 0.1) is 3.57 Å². The molecule has 2 aromatic rings. The first-order valence-corrected chi connectivity index (χ1v) is 6.24. The van der Waals surface area contributed by atoms with Crippen molar-refractivity contribution >= 4 is 34.2 Å². The van der Waals surface area contributed by atoms with Gasteiger partial charge in [0.05, 0.1) is 0 Å². The second kappa shape index (κ2) is 5.05. The van der Waals surface area contributed by atoms with Crippen molar-refractivity contribution in [2.24, 2.45) is 0 Å². The van der Waals surface area contributed by atoms with Gasteiger partial charge >= 0.3 is 0 Å². The molecule has 0 aliphatic heterocycles. The molecule has 0 radical (unpaired) electrons. The maximum absolute atomic E-state index is 11.4. The third-order valence-corrected chi connectivity index (χ3v) is 3.36.